The summed E-state index contributed by atoms with van der Waals surface area (Å²) in [7, 11) is 2.05. The Morgan fingerprint density at radius 3 is 2.52 bits per heavy atom. The van der Waals surface area contributed by atoms with Crippen LogP contribution < -0.4 is 5.73 Å². The predicted octanol–water partition coefficient (Wildman–Crippen LogP) is 4.84. The number of guanidine groups is 1. The molecule has 4 nitrogen and oxygen atoms in total. The van der Waals surface area contributed by atoms with Gasteiger partial charge in [-0.2, -0.15) is 5.26 Å². The molecule has 0 amide bonds. The van der Waals surface area contributed by atoms with Crippen molar-refractivity contribution in [3.63, 3.8) is 0 Å². The molecule has 1 unspecified atom stereocenters. The quantitative estimate of drug-likeness (QED) is 0.596. The van der Waals surface area contributed by atoms with Gasteiger partial charge < -0.3 is 10.6 Å². The number of rotatable bonds is 1. The molecule has 166 valence electrons. The molecule has 0 saturated heterocycles. The van der Waals surface area contributed by atoms with Crippen LogP contribution in [0.25, 0.3) is 11.1 Å². The minimum absolute atomic E-state index is 0.0947. The number of likely N-dealkylation sites (N-methyl/N-ethyl adjacent to an activating group) is 1. The number of hydrogen-bond donors (Lipinski definition) is 1. The Hall–Kier alpha value is -3.58. The van der Waals surface area contributed by atoms with Crippen LogP contribution in [0.2, 0.25) is 0 Å². The molecule has 1 atom stereocenters. The first-order valence-corrected chi connectivity index (χ1v) is 11.8. The van der Waals surface area contributed by atoms with Gasteiger partial charge in [0.2, 0.25) is 0 Å². The Morgan fingerprint density at radius 2 is 1.70 bits per heavy atom. The molecule has 1 heterocycles. The average molecular weight is 435 g/mol. The molecule has 5 rings (SSSR count). The molecule has 3 aromatic rings. The summed E-state index contributed by atoms with van der Waals surface area (Å²) >= 11 is 0. The fourth-order valence-corrected chi connectivity index (χ4v) is 5.55. The Kier molecular flexibility index (Phi) is 5.64. The summed E-state index contributed by atoms with van der Waals surface area (Å²) in [6.45, 7) is 1.58. The number of nitriles is 1. The van der Waals surface area contributed by atoms with Crippen molar-refractivity contribution in [1.82, 2.24) is 4.90 Å². The lowest BCUT2D eigenvalue weighted by Gasteiger charge is -2.42. The first-order valence-electron chi connectivity index (χ1n) is 11.8. The monoisotopic (exact) mass is 434 g/mol. The highest BCUT2D eigenvalue weighted by Gasteiger charge is 2.39. The first kappa shape index (κ1) is 21.3. The average Bonchev–Trinajstić information content (AvgIpc) is 2.85. The van der Waals surface area contributed by atoms with Gasteiger partial charge in [0.05, 0.1) is 18.2 Å². The molecular formula is C29H30N4. The highest BCUT2D eigenvalue weighted by atomic mass is 15.3. The molecule has 2 N–H and O–H groups in total. The normalized spacial score (nSPS) is 20.4. The molecule has 0 radical (unpaired) electrons. The minimum atomic E-state index is -0.0947. The zero-order valence-electron chi connectivity index (χ0n) is 19.2. The van der Waals surface area contributed by atoms with Crippen molar-refractivity contribution in [1.29, 1.82) is 5.26 Å². The van der Waals surface area contributed by atoms with Gasteiger partial charge in [-0.15, -0.1) is 0 Å². The third kappa shape index (κ3) is 4.12. The fourth-order valence-electron chi connectivity index (χ4n) is 5.55. The zero-order chi connectivity index (χ0) is 22.8. The van der Waals surface area contributed by atoms with E-state index in [0.29, 0.717) is 18.1 Å². The minimum Gasteiger partial charge on any atom is -0.370 e. The molecule has 1 aliphatic heterocycles. The fraction of sp³-hybridized carbons (Fsp3) is 0.310. The van der Waals surface area contributed by atoms with Crippen LogP contribution in [-0.4, -0.2) is 31.0 Å². The second-order valence-electron chi connectivity index (χ2n) is 9.53. The molecule has 3 aromatic carbocycles. The second-order valence-corrected chi connectivity index (χ2v) is 9.53. The first-order chi connectivity index (χ1) is 16.1. The number of aryl methyl sites for hydroxylation is 2. The van der Waals surface area contributed by atoms with E-state index in [1.165, 1.54) is 40.7 Å². The van der Waals surface area contributed by atoms with E-state index in [-0.39, 0.29) is 5.41 Å². The van der Waals surface area contributed by atoms with Crippen molar-refractivity contribution < 1.29 is 0 Å². The van der Waals surface area contributed by atoms with Crippen LogP contribution in [0.4, 0.5) is 0 Å². The van der Waals surface area contributed by atoms with Gasteiger partial charge in [-0.1, -0.05) is 54.6 Å². The summed E-state index contributed by atoms with van der Waals surface area (Å²) in [6, 6.07) is 26.0. The number of nitrogens with zero attached hydrogens (tertiary/aromatic N) is 3. The lowest BCUT2D eigenvalue weighted by atomic mass is 9.70. The molecular weight excluding hydrogens is 404 g/mol. The van der Waals surface area contributed by atoms with Gasteiger partial charge in [-0.25, -0.2) is 0 Å². The number of fused-ring (bicyclic) bond motifs is 3. The largest absolute Gasteiger partial charge is 0.370 e. The van der Waals surface area contributed by atoms with Crippen molar-refractivity contribution in [2.45, 2.75) is 37.5 Å². The SMILES string of the molecule is CN1CC2(CN=C1N)Cc1ccc(-c3cccc(C#N)c3)cc1CCCCc1ccccc12. The van der Waals surface area contributed by atoms with Gasteiger partial charge in [0.1, 0.15) is 0 Å². The van der Waals surface area contributed by atoms with E-state index in [2.05, 4.69) is 59.5 Å². The van der Waals surface area contributed by atoms with Crippen molar-refractivity contribution in [2.24, 2.45) is 10.7 Å². The van der Waals surface area contributed by atoms with Crippen LogP contribution >= 0.6 is 0 Å². The lowest BCUT2D eigenvalue weighted by molar-refractivity contribution is 0.301. The standard InChI is InChI=1S/C29H30N4/c1-33-20-29(19-32-28(33)31)17-26-14-13-25(23-11-6-7-21(15-23)18-30)16-24(26)10-3-2-8-22-9-4-5-12-27(22)29/h4-7,9,11-16H,2-3,8,10,17,19-20H2,1H3,(H2,31,32). The topological polar surface area (TPSA) is 65.4 Å². The van der Waals surface area contributed by atoms with Crippen LogP contribution in [0.15, 0.2) is 71.7 Å². The molecule has 2 aliphatic rings. The summed E-state index contributed by atoms with van der Waals surface area (Å²) in [4.78, 5) is 6.86. The van der Waals surface area contributed by atoms with Crippen molar-refractivity contribution in [3.05, 3.63) is 94.5 Å². The zero-order valence-corrected chi connectivity index (χ0v) is 19.2. The Balaban J connectivity index is 1.61. The van der Waals surface area contributed by atoms with Gasteiger partial charge in [0.15, 0.2) is 5.96 Å². The third-order valence-corrected chi connectivity index (χ3v) is 7.27. The maximum Gasteiger partial charge on any atom is 0.191 e. The molecule has 1 aliphatic carbocycles. The van der Waals surface area contributed by atoms with E-state index in [4.69, 9.17) is 10.7 Å². The molecule has 0 saturated carbocycles. The van der Waals surface area contributed by atoms with Crippen molar-refractivity contribution in [2.75, 3.05) is 20.1 Å². The van der Waals surface area contributed by atoms with Gasteiger partial charge in [-0.3, -0.25) is 4.99 Å². The van der Waals surface area contributed by atoms with E-state index in [1.54, 1.807) is 0 Å². The Labute approximate surface area is 196 Å². The van der Waals surface area contributed by atoms with Gasteiger partial charge in [-0.05, 0) is 77.6 Å². The van der Waals surface area contributed by atoms with Crippen LogP contribution in [0.5, 0.6) is 0 Å². The lowest BCUT2D eigenvalue weighted by Crippen LogP contribution is -2.52. The van der Waals surface area contributed by atoms with E-state index in [9.17, 15) is 5.26 Å². The van der Waals surface area contributed by atoms with Crippen molar-refractivity contribution >= 4 is 5.96 Å². The number of aliphatic imine (C=N–C) groups is 1. The van der Waals surface area contributed by atoms with E-state index in [0.717, 1.165) is 31.4 Å². The van der Waals surface area contributed by atoms with Crippen molar-refractivity contribution in [3.8, 4) is 17.2 Å². The number of hydrogen-bond acceptors (Lipinski definition) is 4. The smallest absolute Gasteiger partial charge is 0.191 e. The summed E-state index contributed by atoms with van der Waals surface area (Å²) in [5.74, 6) is 0.628. The van der Waals surface area contributed by atoms with E-state index < -0.39 is 0 Å². The molecule has 33 heavy (non-hydrogen) atoms. The number of nitrogens with two attached hydrogens (primary N) is 1. The Bertz CT molecular complexity index is 1250. The van der Waals surface area contributed by atoms with Crippen LogP contribution in [0.1, 0.15) is 40.7 Å². The summed E-state index contributed by atoms with van der Waals surface area (Å²) < 4.78 is 0. The third-order valence-electron chi connectivity index (χ3n) is 7.27. The highest BCUT2D eigenvalue weighted by molar-refractivity contribution is 5.79. The predicted molar refractivity (Wildman–Crippen MR) is 134 cm³/mol. The van der Waals surface area contributed by atoms with E-state index >= 15 is 0 Å². The second kappa shape index (κ2) is 8.75. The maximum absolute atomic E-state index is 9.31. The highest BCUT2D eigenvalue weighted by Crippen LogP contribution is 2.38. The molecule has 0 aromatic heterocycles. The van der Waals surface area contributed by atoms with E-state index in [1.807, 2.05) is 25.2 Å². The molecule has 0 bridgehead atoms. The summed E-state index contributed by atoms with van der Waals surface area (Å²) in [5, 5.41) is 9.31. The van der Waals surface area contributed by atoms with Crippen LogP contribution in [0, 0.1) is 11.3 Å². The maximum atomic E-state index is 9.31. The van der Waals surface area contributed by atoms with Gasteiger partial charge >= 0.3 is 0 Å². The van der Waals surface area contributed by atoms with Gasteiger partial charge in [0.25, 0.3) is 0 Å². The molecule has 0 fully saturated rings. The summed E-state index contributed by atoms with van der Waals surface area (Å²) in [6.07, 6.45) is 5.45. The van der Waals surface area contributed by atoms with Crippen LogP contribution in [-0.2, 0) is 24.7 Å². The molecule has 1 spiro atoms. The molecule has 4 heteroatoms. The number of benzene rings is 3. The Morgan fingerprint density at radius 1 is 0.909 bits per heavy atom. The van der Waals surface area contributed by atoms with Crippen LogP contribution in [0.3, 0.4) is 0 Å². The van der Waals surface area contributed by atoms with Gasteiger partial charge in [0, 0.05) is 19.0 Å². The summed E-state index contributed by atoms with van der Waals surface area (Å²) in [5.41, 5.74) is 14.7.